The van der Waals surface area contributed by atoms with Gasteiger partial charge < -0.3 is 25.7 Å². The monoisotopic (exact) mass is 698 g/mol. The average Bonchev–Trinajstić information content (AvgIpc) is 3.83. The van der Waals surface area contributed by atoms with Crippen molar-refractivity contribution < 1.29 is 19.8 Å². The van der Waals surface area contributed by atoms with Gasteiger partial charge in [0.05, 0.1) is 36.5 Å². The van der Waals surface area contributed by atoms with E-state index in [-0.39, 0.29) is 31.0 Å². The van der Waals surface area contributed by atoms with Crippen LogP contribution in [0.5, 0.6) is 0 Å². The predicted molar refractivity (Wildman–Crippen MR) is 184 cm³/mol. The number of benzene rings is 3. The molecule has 0 radical (unpaired) electrons. The number of aromatic nitrogens is 3. The number of carbonyl (C=O) groups excluding carboxylic acids is 2. The van der Waals surface area contributed by atoms with Crippen LogP contribution in [0, 0.1) is 5.92 Å². The van der Waals surface area contributed by atoms with Gasteiger partial charge in [-0.1, -0.05) is 82.7 Å². The number of anilines is 2. The van der Waals surface area contributed by atoms with Gasteiger partial charge in [0.1, 0.15) is 0 Å². The Balaban J connectivity index is 1.13. The number of aliphatic hydroxyl groups is 2. The number of nitrogens with zero attached hydrogens (tertiary/aromatic N) is 4. The normalized spacial score (nSPS) is 20.5. The molecule has 1 unspecified atom stereocenters. The van der Waals surface area contributed by atoms with Crippen molar-refractivity contribution in [3.8, 4) is 0 Å². The molecule has 4 aromatic rings. The van der Waals surface area contributed by atoms with Crippen LogP contribution in [0.1, 0.15) is 54.5 Å². The number of fused-ring (bicyclic) bond motifs is 1. The van der Waals surface area contributed by atoms with Gasteiger partial charge in [-0.25, -0.2) is 0 Å². The molecule has 0 saturated carbocycles. The molecule has 1 aromatic heterocycles. The number of nitrogens with one attached hydrogen (secondary N) is 2. The predicted octanol–water partition coefficient (Wildman–Crippen LogP) is 4.87. The first-order valence-electron chi connectivity index (χ1n) is 16.0. The van der Waals surface area contributed by atoms with Crippen LogP contribution in [-0.4, -0.2) is 56.2 Å². The standard InChI is InChI=1S/C36H39BrN6O4/c1-24(9-5-6-18-42-22-32(40-41-42)29(23-44)26-11-3-2-4-12-26)36(47)30-20-27(37)15-16-33(30)43(35(36)46)21-25-10-7-13-28(19-25)39-34(45)31-14-8-17-38-31/h2-5,7,9-13,15-16,19-20,22,24,29,31,38,44,47H,6,8,14,17-18,21,23H2,1H3,(H,39,45)/b9-5+/t24-,29?,31-,36+/m1/s1. The van der Waals surface area contributed by atoms with Crippen LogP contribution >= 0.6 is 15.9 Å². The van der Waals surface area contributed by atoms with Crippen molar-refractivity contribution in [2.75, 3.05) is 23.4 Å². The van der Waals surface area contributed by atoms with E-state index in [1.54, 1.807) is 9.58 Å². The number of amides is 2. The molecular formula is C36H39BrN6O4. The Morgan fingerprint density at radius 3 is 2.77 bits per heavy atom. The fourth-order valence-corrected chi connectivity index (χ4v) is 6.79. The molecule has 2 aliphatic heterocycles. The lowest BCUT2D eigenvalue weighted by molar-refractivity contribution is -0.139. The second kappa shape index (κ2) is 14.3. The summed E-state index contributed by atoms with van der Waals surface area (Å²) >= 11 is 3.52. The third-order valence-electron chi connectivity index (χ3n) is 9.05. The Morgan fingerprint density at radius 1 is 1.17 bits per heavy atom. The first kappa shape index (κ1) is 32.8. The molecule has 2 amide bonds. The van der Waals surface area contributed by atoms with Gasteiger partial charge in [0.2, 0.25) is 5.91 Å². The van der Waals surface area contributed by atoms with E-state index >= 15 is 0 Å². The molecule has 3 aromatic carbocycles. The fourth-order valence-electron chi connectivity index (χ4n) is 6.43. The molecule has 0 spiro atoms. The van der Waals surface area contributed by atoms with Gasteiger partial charge in [0.25, 0.3) is 5.91 Å². The molecule has 11 heteroatoms. The highest BCUT2D eigenvalue weighted by molar-refractivity contribution is 9.10. The van der Waals surface area contributed by atoms with Gasteiger partial charge in [-0.2, -0.15) is 0 Å². The number of aliphatic hydroxyl groups excluding tert-OH is 1. The van der Waals surface area contributed by atoms with Crippen molar-refractivity contribution in [3.63, 3.8) is 0 Å². The van der Waals surface area contributed by atoms with Gasteiger partial charge in [-0.05, 0) is 67.3 Å². The third kappa shape index (κ3) is 6.94. The first-order chi connectivity index (χ1) is 22.8. The topological polar surface area (TPSA) is 133 Å². The van der Waals surface area contributed by atoms with Gasteiger partial charge in [0.15, 0.2) is 5.60 Å². The Morgan fingerprint density at radius 2 is 2.00 bits per heavy atom. The number of carbonyl (C=O) groups is 2. The van der Waals surface area contributed by atoms with Crippen LogP contribution in [0.4, 0.5) is 11.4 Å². The van der Waals surface area contributed by atoms with Crippen molar-refractivity contribution >= 4 is 39.1 Å². The van der Waals surface area contributed by atoms with E-state index in [0.717, 1.165) is 35.0 Å². The average molecular weight is 700 g/mol. The quantitative estimate of drug-likeness (QED) is 0.155. The maximum absolute atomic E-state index is 14.1. The summed E-state index contributed by atoms with van der Waals surface area (Å²) in [5.41, 5.74) is 2.60. The molecule has 0 aliphatic carbocycles. The minimum atomic E-state index is -1.76. The number of hydrogen-bond donors (Lipinski definition) is 4. The van der Waals surface area contributed by atoms with E-state index in [2.05, 4.69) is 36.9 Å². The highest BCUT2D eigenvalue weighted by Crippen LogP contribution is 2.46. The van der Waals surface area contributed by atoms with E-state index in [0.29, 0.717) is 35.6 Å². The molecule has 6 rings (SSSR count). The summed E-state index contributed by atoms with van der Waals surface area (Å²) in [6.07, 6.45) is 8.06. The SMILES string of the molecule is C[C@H](/C=C/CCn1cc(C(CO)c2ccccc2)nn1)[C@@]1(O)C(=O)N(Cc2cccc(NC(=O)[C@H]3CCCN3)c2)c2ccc(Br)cc21. The molecule has 4 N–H and O–H groups in total. The fraction of sp³-hybridized carbons (Fsp3) is 0.333. The molecule has 244 valence electrons. The minimum absolute atomic E-state index is 0.0621. The number of hydrogen-bond acceptors (Lipinski definition) is 7. The van der Waals surface area contributed by atoms with Crippen LogP contribution < -0.4 is 15.5 Å². The molecule has 0 bridgehead atoms. The molecule has 2 aliphatic rings. The maximum atomic E-state index is 14.1. The number of aryl methyl sites for hydroxylation is 1. The number of allylic oxidation sites excluding steroid dienone is 1. The van der Waals surface area contributed by atoms with Crippen molar-refractivity contribution in [1.82, 2.24) is 20.3 Å². The zero-order valence-electron chi connectivity index (χ0n) is 26.2. The lowest BCUT2D eigenvalue weighted by Gasteiger charge is -2.28. The van der Waals surface area contributed by atoms with Crippen LogP contribution in [0.2, 0.25) is 0 Å². The molecule has 1 fully saturated rings. The second-order valence-corrected chi connectivity index (χ2v) is 13.1. The van der Waals surface area contributed by atoms with Crippen molar-refractivity contribution in [3.05, 3.63) is 118 Å². The van der Waals surface area contributed by atoms with E-state index in [1.165, 1.54) is 0 Å². The second-order valence-electron chi connectivity index (χ2n) is 12.2. The van der Waals surface area contributed by atoms with Crippen molar-refractivity contribution in [1.29, 1.82) is 0 Å². The molecule has 47 heavy (non-hydrogen) atoms. The number of rotatable bonds is 12. The largest absolute Gasteiger partial charge is 0.395 e. The van der Waals surface area contributed by atoms with Gasteiger partial charge in [-0.3, -0.25) is 14.3 Å². The summed E-state index contributed by atoms with van der Waals surface area (Å²) in [7, 11) is 0. The summed E-state index contributed by atoms with van der Waals surface area (Å²) in [4.78, 5) is 28.3. The van der Waals surface area contributed by atoms with E-state index in [4.69, 9.17) is 0 Å². The van der Waals surface area contributed by atoms with Crippen LogP contribution in [0.3, 0.4) is 0 Å². The van der Waals surface area contributed by atoms with E-state index < -0.39 is 17.4 Å². The minimum Gasteiger partial charge on any atom is -0.395 e. The van der Waals surface area contributed by atoms with Crippen molar-refractivity contribution in [2.24, 2.45) is 5.92 Å². The Labute approximate surface area is 282 Å². The van der Waals surface area contributed by atoms with Crippen LogP contribution in [-0.2, 0) is 28.3 Å². The smallest absolute Gasteiger partial charge is 0.264 e. The first-order valence-corrected chi connectivity index (χ1v) is 16.8. The number of halogens is 1. The lowest BCUT2D eigenvalue weighted by Crippen LogP contribution is -2.44. The molecular weight excluding hydrogens is 660 g/mol. The van der Waals surface area contributed by atoms with Gasteiger partial charge in [-0.15, -0.1) is 5.10 Å². The zero-order valence-corrected chi connectivity index (χ0v) is 27.8. The van der Waals surface area contributed by atoms with Gasteiger partial charge in [0, 0.05) is 34.4 Å². The Hall–Kier alpha value is -4.16. The summed E-state index contributed by atoms with van der Waals surface area (Å²) in [5, 5.41) is 36.8. The van der Waals surface area contributed by atoms with Gasteiger partial charge >= 0.3 is 0 Å². The van der Waals surface area contributed by atoms with Crippen molar-refractivity contribution in [2.45, 2.75) is 56.8 Å². The van der Waals surface area contributed by atoms with Crippen LogP contribution in [0.15, 0.2) is 95.6 Å². The summed E-state index contributed by atoms with van der Waals surface area (Å²) in [5.74, 6) is -1.24. The Bertz CT molecular complexity index is 1760. The zero-order chi connectivity index (χ0) is 33.0. The summed E-state index contributed by atoms with van der Waals surface area (Å²) < 4.78 is 2.50. The third-order valence-corrected chi connectivity index (χ3v) is 9.54. The highest BCUT2D eigenvalue weighted by atomic mass is 79.9. The molecule has 3 heterocycles. The Kier molecular flexibility index (Phi) is 9.97. The molecule has 10 nitrogen and oxygen atoms in total. The molecule has 1 saturated heterocycles. The van der Waals surface area contributed by atoms with E-state index in [1.807, 2.05) is 98.1 Å². The summed E-state index contributed by atoms with van der Waals surface area (Å²) in [6.45, 7) is 3.40. The lowest BCUT2D eigenvalue weighted by atomic mass is 9.83. The highest BCUT2D eigenvalue weighted by Gasteiger charge is 2.52. The maximum Gasteiger partial charge on any atom is 0.264 e. The summed E-state index contributed by atoms with van der Waals surface area (Å²) in [6, 6.07) is 22.5. The van der Waals surface area contributed by atoms with E-state index in [9.17, 15) is 19.8 Å². The molecule has 4 atom stereocenters. The van der Waals surface area contributed by atoms with Crippen LogP contribution in [0.25, 0.3) is 0 Å².